The lowest BCUT2D eigenvalue weighted by Crippen LogP contribution is -2.04. The number of para-hydroxylation sites is 4. The number of benzene rings is 10. The van der Waals surface area contributed by atoms with E-state index in [0.717, 1.165) is 105 Å². The molecule has 0 radical (unpaired) electrons. The number of fused-ring (bicyclic) bond motifs is 6. The average molecular weight is 943 g/mol. The molecular formula is C66H38N8. The highest BCUT2D eigenvalue weighted by Gasteiger charge is 2.22. The second-order valence-electron chi connectivity index (χ2n) is 18.1. The van der Waals surface area contributed by atoms with Gasteiger partial charge in [-0.15, -0.1) is 0 Å². The summed E-state index contributed by atoms with van der Waals surface area (Å²) in [5.41, 5.74) is 15.3. The first kappa shape index (κ1) is 43.3. The van der Waals surface area contributed by atoms with Crippen LogP contribution in [0.3, 0.4) is 0 Å². The first-order chi connectivity index (χ1) is 36.5. The van der Waals surface area contributed by atoms with Crippen LogP contribution in [0.5, 0.6) is 0 Å². The fourth-order valence-corrected chi connectivity index (χ4v) is 10.5. The van der Waals surface area contributed by atoms with Gasteiger partial charge in [0.15, 0.2) is 17.5 Å². The van der Waals surface area contributed by atoms with E-state index < -0.39 is 0 Å². The summed E-state index contributed by atoms with van der Waals surface area (Å²) in [6, 6.07) is 84.3. The molecule has 0 N–H and O–H groups in total. The fraction of sp³-hybridized carbons (Fsp3) is 0. The van der Waals surface area contributed by atoms with Crippen molar-refractivity contribution in [2.75, 3.05) is 0 Å². The molecule has 0 atom stereocenters. The molecule has 0 saturated heterocycles. The van der Waals surface area contributed by atoms with Crippen LogP contribution >= 0.6 is 0 Å². The molecule has 13 rings (SSSR count). The number of aromatic nitrogens is 5. The highest BCUT2D eigenvalue weighted by atomic mass is 15.0. The molecule has 10 aromatic carbocycles. The topological polar surface area (TPSA) is 120 Å². The van der Waals surface area contributed by atoms with Crippen LogP contribution < -0.4 is 0 Å². The zero-order valence-corrected chi connectivity index (χ0v) is 39.5. The van der Waals surface area contributed by atoms with Crippen molar-refractivity contribution in [2.24, 2.45) is 0 Å². The maximum absolute atomic E-state index is 10.0. The predicted octanol–water partition coefficient (Wildman–Crippen LogP) is 15.7. The second kappa shape index (κ2) is 17.9. The molecule has 0 aliphatic rings. The lowest BCUT2D eigenvalue weighted by molar-refractivity contribution is 1.07. The smallest absolute Gasteiger partial charge is 0.164 e. The molecule has 8 heteroatoms. The Bertz CT molecular complexity index is 4210. The van der Waals surface area contributed by atoms with E-state index >= 15 is 0 Å². The van der Waals surface area contributed by atoms with Gasteiger partial charge in [0.1, 0.15) is 0 Å². The minimum absolute atomic E-state index is 0.453. The van der Waals surface area contributed by atoms with Gasteiger partial charge >= 0.3 is 0 Å². The number of rotatable bonds is 8. The van der Waals surface area contributed by atoms with E-state index in [1.54, 1.807) is 6.07 Å². The highest BCUT2D eigenvalue weighted by Crippen LogP contribution is 2.42. The lowest BCUT2D eigenvalue weighted by Gasteiger charge is -2.18. The number of hydrogen-bond acceptors (Lipinski definition) is 6. The monoisotopic (exact) mass is 942 g/mol. The van der Waals surface area contributed by atoms with Gasteiger partial charge in [0.25, 0.3) is 0 Å². The molecule has 0 unspecified atom stereocenters. The van der Waals surface area contributed by atoms with E-state index in [4.69, 9.17) is 15.0 Å². The van der Waals surface area contributed by atoms with Gasteiger partial charge in [-0.1, -0.05) is 158 Å². The Morgan fingerprint density at radius 2 is 0.608 bits per heavy atom. The molecule has 8 nitrogen and oxygen atoms in total. The molecule has 3 aromatic heterocycles. The van der Waals surface area contributed by atoms with Gasteiger partial charge in [0.05, 0.1) is 68.3 Å². The van der Waals surface area contributed by atoms with E-state index in [2.05, 4.69) is 149 Å². The molecule has 0 aliphatic heterocycles. The molecule has 0 aliphatic carbocycles. The molecule has 0 fully saturated rings. The van der Waals surface area contributed by atoms with Gasteiger partial charge in [-0.3, -0.25) is 0 Å². The Morgan fingerprint density at radius 3 is 1.00 bits per heavy atom. The summed E-state index contributed by atoms with van der Waals surface area (Å²) >= 11 is 0. The minimum Gasteiger partial charge on any atom is -0.309 e. The summed E-state index contributed by atoms with van der Waals surface area (Å²) in [5.74, 6) is 1.36. The summed E-state index contributed by atoms with van der Waals surface area (Å²) in [6.07, 6.45) is 0. The Morgan fingerprint density at radius 1 is 0.270 bits per heavy atom. The zero-order chi connectivity index (χ0) is 49.7. The van der Waals surface area contributed by atoms with Crippen molar-refractivity contribution < 1.29 is 0 Å². The molecule has 3 heterocycles. The van der Waals surface area contributed by atoms with Crippen molar-refractivity contribution in [1.82, 2.24) is 24.1 Å². The Balaban J connectivity index is 1.09. The molecule has 74 heavy (non-hydrogen) atoms. The van der Waals surface area contributed by atoms with Crippen LogP contribution in [0, 0.1) is 34.0 Å². The van der Waals surface area contributed by atoms with Gasteiger partial charge in [-0.2, -0.15) is 15.8 Å². The van der Waals surface area contributed by atoms with Gasteiger partial charge in [0, 0.05) is 49.4 Å². The van der Waals surface area contributed by atoms with Crippen LogP contribution in [0.2, 0.25) is 0 Å². The van der Waals surface area contributed by atoms with E-state index in [-0.39, 0.29) is 0 Å². The van der Waals surface area contributed by atoms with E-state index in [1.165, 1.54) is 0 Å². The molecular weight excluding hydrogens is 905 g/mol. The van der Waals surface area contributed by atoms with Crippen LogP contribution in [0.15, 0.2) is 231 Å². The van der Waals surface area contributed by atoms with Crippen molar-refractivity contribution >= 4 is 43.6 Å². The van der Waals surface area contributed by atoms with Crippen molar-refractivity contribution in [1.29, 1.82) is 15.8 Å². The first-order valence-corrected chi connectivity index (χ1v) is 24.2. The maximum atomic E-state index is 10.0. The molecule has 0 spiro atoms. The first-order valence-electron chi connectivity index (χ1n) is 24.2. The second-order valence-corrected chi connectivity index (χ2v) is 18.1. The van der Waals surface area contributed by atoms with E-state index in [9.17, 15) is 15.8 Å². The van der Waals surface area contributed by atoms with Crippen molar-refractivity contribution in [3.8, 4) is 97.1 Å². The van der Waals surface area contributed by atoms with Crippen LogP contribution in [0.25, 0.3) is 123 Å². The SMILES string of the molecule is N#Cc1cccc(-c2ccccc2-c2nc(-c3ccc(-c4cccc(C#N)c4)c(-n4c5ccccc5c5ccccc54)c3)nc(-c3ccc(-c4cccc(C#N)c4)c(-n4c5ccccc5c5ccccc54)c3)n2)c1. The summed E-state index contributed by atoms with van der Waals surface area (Å²) < 4.78 is 4.59. The van der Waals surface area contributed by atoms with Crippen LogP contribution in [-0.4, -0.2) is 24.1 Å². The maximum Gasteiger partial charge on any atom is 0.164 e. The highest BCUT2D eigenvalue weighted by molar-refractivity contribution is 6.11. The van der Waals surface area contributed by atoms with Gasteiger partial charge < -0.3 is 9.13 Å². The third kappa shape index (κ3) is 7.33. The predicted molar refractivity (Wildman–Crippen MR) is 295 cm³/mol. The van der Waals surface area contributed by atoms with Crippen molar-refractivity contribution in [2.45, 2.75) is 0 Å². The Labute approximate surface area is 425 Å². The van der Waals surface area contributed by atoms with Crippen molar-refractivity contribution in [3.05, 3.63) is 247 Å². The third-order valence-electron chi connectivity index (χ3n) is 13.9. The standard InChI is InChI=1S/C66H38N8/c67-39-42-14-11-17-45(34-42)50-20-1-2-25-57(50)66-71-64(48-30-32-51(46-18-12-15-43(35-46)40-68)62(37-48)73-58-26-7-3-21-53(58)54-22-4-8-27-59(54)73)70-65(72-66)49-31-33-52(47-19-13-16-44(36-47)41-69)63(38-49)74-60-28-9-5-23-55(60)56-24-6-10-29-61(56)74/h1-38H. The number of nitriles is 3. The number of nitrogens with zero attached hydrogens (tertiary/aromatic N) is 8. The van der Waals surface area contributed by atoms with Crippen LogP contribution in [0.4, 0.5) is 0 Å². The van der Waals surface area contributed by atoms with Gasteiger partial charge in [-0.05, 0) is 95.1 Å². The van der Waals surface area contributed by atoms with Crippen LogP contribution in [-0.2, 0) is 0 Å². The molecule has 13 aromatic rings. The summed E-state index contributed by atoms with van der Waals surface area (Å²) in [7, 11) is 0. The molecule has 0 saturated carbocycles. The van der Waals surface area contributed by atoms with Gasteiger partial charge in [0.2, 0.25) is 0 Å². The van der Waals surface area contributed by atoms with E-state index in [1.807, 2.05) is 103 Å². The normalized spacial score (nSPS) is 11.2. The average Bonchev–Trinajstić information content (AvgIpc) is 4.01. The molecule has 342 valence electrons. The molecule has 0 bridgehead atoms. The quantitative estimate of drug-likeness (QED) is 0.150. The Kier molecular flexibility index (Phi) is 10.5. The fourth-order valence-electron chi connectivity index (χ4n) is 10.5. The number of hydrogen-bond donors (Lipinski definition) is 0. The van der Waals surface area contributed by atoms with Crippen molar-refractivity contribution in [3.63, 3.8) is 0 Å². The summed E-state index contributed by atoms with van der Waals surface area (Å²) in [4.78, 5) is 16.1. The Hall–Kier alpha value is -10.7. The third-order valence-corrected chi connectivity index (χ3v) is 13.9. The molecule has 0 amide bonds. The summed E-state index contributed by atoms with van der Waals surface area (Å²) in [5, 5.41) is 34.5. The van der Waals surface area contributed by atoms with Crippen LogP contribution in [0.1, 0.15) is 16.7 Å². The lowest BCUT2D eigenvalue weighted by atomic mass is 9.97. The summed E-state index contributed by atoms with van der Waals surface area (Å²) in [6.45, 7) is 0. The van der Waals surface area contributed by atoms with E-state index in [0.29, 0.717) is 34.2 Å². The largest absolute Gasteiger partial charge is 0.309 e. The minimum atomic E-state index is 0.453. The zero-order valence-electron chi connectivity index (χ0n) is 39.5. The van der Waals surface area contributed by atoms with Gasteiger partial charge in [-0.25, -0.2) is 15.0 Å².